The predicted molar refractivity (Wildman–Crippen MR) is 221 cm³/mol. The van der Waals surface area contributed by atoms with Gasteiger partial charge in [-0.05, 0) is 107 Å². The van der Waals surface area contributed by atoms with E-state index in [1.807, 2.05) is 0 Å². The minimum absolute atomic E-state index is 1.06. The first kappa shape index (κ1) is 29.4. The van der Waals surface area contributed by atoms with E-state index >= 15 is 0 Å². The van der Waals surface area contributed by atoms with E-state index in [9.17, 15) is 0 Å². The number of fused-ring (bicyclic) bond motifs is 8. The molecule has 0 saturated carbocycles. The van der Waals surface area contributed by atoms with Gasteiger partial charge < -0.3 is 9.13 Å². The van der Waals surface area contributed by atoms with Crippen molar-refractivity contribution in [1.29, 1.82) is 0 Å². The molecule has 0 atom stereocenters. The summed E-state index contributed by atoms with van der Waals surface area (Å²) in [6.07, 6.45) is 13.6. The molecule has 2 aliphatic carbocycles. The van der Waals surface area contributed by atoms with Gasteiger partial charge in [0.05, 0.1) is 22.2 Å². The average Bonchev–Trinajstić information content (AvgIpc) is 3.72. The molecule has 11 rings (SSSR count). The second kappa shape index (κ2) is 11.6. The Morgan fingerprint density at radius 2 is 1.08 bits per heavy atom. The second-order valence-corrected chi connectivity index (χ2v) is 14.3. The Balaban J connectivity index is 1.09. The van der Waals surface area contributed by atoms with Crippen molar-refractivity contribution in [3.63, 3.8) is 0 Å². The fourth-order valence-corrected chi connectivity index (χ4v) is 9.11. The zero-order chi connectivity index (χ0) is 34.2. The lowest BCUT2D eigenvalue weighted by atomic mass is 9.95. The molecule has 0 bridgehead atoms. The Bertz CT molecular complexity index is 2950. The SMILES string of the molecule is C1=Cc2cccc(-n3c4c(c5cc(-c6ccc7c(c6)c6ccccc6n7-c6cccc7c(-c8ccccc8)cccc67)ccc53)C=CCC4)c2CC1. The highest BCUT2D eigenvalue weighted by Gasteiger charge is 2.22. The van der Waals surface area contributed by atoms with Crippen molar-refractivity contribution >= 4 is 55.6 Å². The molecule has 0 spiro atoms. The molecule has 0 amide bonds. The number of hydrogen-bond donors (Lipinski definition) is 0. The summed E-state index contributed by atoms with van der Waals surface area (Å²) < 4.78 is 5.03. The van der Waals surface area contributed by atoms with Crippen LogP contribution in [-0.4, -0.2) is 9.13 Å². The topological polar surface area (TPSA) is 9.86 Å². The van der Waals surface area contributed by atoms with Crippen molar-refractivity contribution in [2.45, 2.75) is 25.7 Å². The van der Waals surface area contributed by atoms with E-state index in [-0.39, 0.29) is 0 Å². The third-order valence-corrected chi connectivity index (χ3v) is 11.5. The summed E-state index contributed by atoms with van der Waals surface area (Å²) >= 11 is 0. The van der Waals surface area contributed by atoms with Gasteiger partial charge in [0.15, 0.2) is 0 Å². The molecule has 2 heterocycles. The van der Waals surface area contributed by atoms with E-state index in [2.05, 4.69) is 179 Å². The molecule has 0 fully saturated rings. The van der Waals surface area contributed by atoms with Gasteiger partial charge in [0.2, 0.25) is 0 Å². The van der Waals surface area contributed by atoms with Gasteiger partial charge in [-0.15, -0.1) is 0 Å². The molecular formula is C50H36N2. The smallest absolute Gasteiger partial charge is 0.0541 e. The predicted octanol–water partition coefficient (Wildman–Crippen LogP) is 13.1. The van der Waals surface area contributed by atoms with Crippen LogP contribution in [0.15, 0.2) is 158 Å². The van der Waals surface area contributed by atoms with Gasteiger partial charge in [-0.1, -0.05) is 127 Å². The van der Waals surface area contributed by atoms with Crippen LogP contribution in [0.4, 0.5) is 0 Å². The first-order valence-electron chi connectivity index (χ1n) is 18.6. The Morgan fingerprint density at radius 1 is 0.404 bits per heavy atom. The Morgan fingerprint density at radius 3 is 1.98 bits per heavy atom. The lowest BCUT2D eigenvalue weighted by Gasteiger charge is -2.20. The number of para-hydroxylation sites is 1. The van der Waals surface area contributed by atoms with Gasteiger partial charge in [-0.3, -0.25) is 0 Å². The summed E-state index contributed by atoms with van der Waals surface area (Å²) in [7, 11) is 0. The Labute approximate surface area is 303 Å². The van der Waals surface area contributed by atoms with Gasteiger partial charge in [0.1, 0.15) is 0 Å². The molecule has 0 N–H and O–H groups in total. The van der Waals surface area contributed by atoms with Crippen LogP contribution >= 0.6 is 0 Å². The maximum atomic E-state index is 2.57. The van der Waals surface area contributed by atoms with E-state index in [0.29, 0.717) is 0 Å². The molecule has 246 valence electrons. The first-order chi connectivity index (χ1) is 25.8. The standard InChI is InChI=1S/C50H36N2/c1-2-13-33(14-3-1)37-20-11-22-40-39(37)21-12-26-48(40)52-47-24-9-7-19-42(47)44-32-36(28-30-50(44)52)35-27-29-49-43(31-35)41-18-6-8-23-46(41)51(49)45-25-10-16-34-15-4-5-17-38(34)45/h1-4,6-7,9-16,18-22,24-32H,5,8,17,23H2. The first-order valence-corrected chi connectivity index (χ1v) is 18.6. The van der Waals surface area contributed by atoms with Crippen LogP contribution in [0.1, 0.15) is 35.2 Å². The molecule has 9 aromatic rings. The summed E-state index contributed by atoms with van der Waals surface area (Å²) in [6, 6.07) is 54.0. The van der Waals surface area contributed by atoms with E-state index < -0.39 is 0 Å². The molecule has 2 aliphatic rings. The van der Waals surface area contributed by atoms with Gasteiger partial charge in [-0.2, -0.15) is 0 Å². The maximum Gasteiger partial charge on any atom is 0.0541 e. The monoisotopic (exact) mass is 664 g/mol. The highest BCUT2D eigenvalue weighted by Crippen LogP contribution is 2.41. The van der Waals surface area contributed by atoms with E-state index in [0.717, 1.165) is 25.7 Å². The molecular weight excluding hydrogens is 629 g/mol. The quantitative estimate of drug-likeness (QED) is 0.177. The normalized spacial score (nSPS) is 13.7. The lowest BCUT2D eigenvalue weighted by Crippen LogP contribution is -2.08. The molecule has 2 nitrogen and oxygen atoms in total. The largest absolute Gasteiger partial charge is 0.313 e. The van der Waals surface area contributed by atoms with Crippen LogP contribution in [0, 0.1) is 0 Å². The number of allylic oxidation sites excluding steroid dienone is 2. The third kappa shape index (κ3) is 4.37. The molecule has 7 aromatic carbocycles. The van der Waals surface area contributed by atoms with Crippen LogP contribution in [0.5, 0.6) is 0 Å². The zero-order valence-electron chi connectivity index (χ0n) is 28.9. The molecule has 0 saturated heterocycles. The lowest BCUT2D eigenvalue weighted by molar-refractivity contribution is 0.870. The minimum Gasteiger partial charge on any atom is -0.313 e. The second-order valence-electron chi connectivity index (χ2n) is 14.3. The van der Waals surface area contributed by atoms with Gasteiger partial charge in [-0.25, -0.2) is 0 Å². The third-order valence-electron chi connectivity index (χ3n) is 11.5. The van der Waals surface area contributed by atoms with E-state index in [1.54, 1.807) is 0 Å². The molecule has 0 unspecified atom stereocenters. The maximum absolute atomic E-state index is 2.57. The van der Waals surface area contributed by atoms with Gasteiger partial charge >= 0.3 is 0 Å². The summed E-state index contributed by atoms with van der Waals surface area (Å²) in [5.74, 6) is 0. The van der Waals surface area contributed by atoms with Crippen molar-refractivity contribution in [3.8, 4) is 33.6 Å². The molecule has 0 aliphatic heterocycles. The summed E-state index contributed by atoms with van der Waals surface area (Å²) in [4.78, 5) is 0. The van der Waals surface area contributed by atoms with Crippen molar-refractivity contribution in [3.05, 3.63) is 180 Å². The Hall–Kier alpha value is -6.38. The van der Waals surface area contributed by atoms with E-state index in [1.165, 1.54) is 99.5 Å². The number of aromatic nitrogens is 2. The number of hydrogen-bond acceptors (Lipinski definition) is 0. The highest BCUT2D eigenvalue weighted by molar-refractivity contribution is 6.12. The van der Waals surface area contributed by atoms with Crippen LogP contribution in [0.25, 0.3) is 89.3 Å². The van der Waals surface area contributed by atoms with Crippen molar-refractivity contribution in [2.75, 3.05) is 0 Å². The minimum atomic E-state index is 1.06. The molecule has 0 radical (unpaired) electrons. The number of rotatable bonds is 4. The average molecular weight is 665 g/mol. The molecule has 2 heteroatoms. The van der Waals surface area contributed by atoms with E-state index in [4.69, 9.17) is 0 Å². The van der Waals surface area contributed by atoms with Crippen molar-refractivity contribution in [1.82, 2.24) is 9.13 Å². The van der Waals surface area contributed by atoms with Gasteiger partial charge in [0, 0.05) is 38.5 Å². The van der Waals surface area contributed by atoms with Crippen LogP contribution in [-0.2, 0) is 12.8 Å². The van der Waals surface area contributed by atoms with Crippen molar-refractivity contribution in [2.24, 2.45) is 0 Å². The fourth-order valence-electron chi connectivity index (χ4n) is 9.11. The summed E-state index contributed by atoms with van der Waals surface area (Å²) in [5, 5.41) is 6.39. The van der Waals surface area contributed by atoms with Gasteiger partial charge in [0.25, 0.3) is 0 Å². The molecule has 52 heavy (non-hydrogen) atoms. The highest BCUT2D eigenvalue weighted by atomic mass is 15.0. The molecule has 2 aromatic heterocycles. The Kier molecular flexibility index (Phi) is 6.54. The summed E-state index contributed by atoms with van der Waals surface area (Å²) in [6.45, 7) is 0. The zero-order valence-corrected chi connectivity index (χ0v) is 28.9. The number of benzene rings is 7. The van der Waals surface area contributed by atoms with Crippen LogP contribution < -0.4 is 0 Å². The van der Waals surface area contributed by atoms with Crippen molar-refractivity contribution < 1.29 is 0 Å². The summed E-state index contributed by atoms with van der Waals surface area (Å²) in [5.41, 5.74) is 16.9. The van der Waals surface area contributed by atoms with Crippen LogP contribution in [0.2, 0.25) is 0 Å². The fraction of sp³-hybridized carbons (Fsp3) is 0.0800. The number of nitrogens with zero attached hydrogens (tertiary/aromatic N) is 2. The van der Waals surface area contributed by atoms with Crippen LogP contribution in [0.3, 0.4) is 0 Å².